The number of quaternary nitrogens is 1. The van der Waals surface area contributed by atoms with Crippen molar-refractivity contribution in [3.05, 3.63) is 35.9 Å². The summed E-state index contributed by atoms with van der Waals surface area (Å²) < 4.78 is 11.9. The normalized spacial score (nSPS) is 19.2. The van der Waals surface area contributed by atoms with Gasteiger partial charge in [-0.05, 0) is 49.5 Å². The Morgan fingerprint density at radius 1 is 0.944 bits per heavy atom. The molecule has 13 nitrogen and oxygen atoms in total. The summed E-state index contributed by atoms with van der Waals surface area (Å²) in [5.41, 5.74) is 0.981. The number of carboxylic acids is 1. The first kappa shape index (κ1) is 46.6. The van der Waals surface area contributed by atoms with Crippen molar-refractivity contribution >= 4 is 29.6 Å². The van der Waals surface area contributed by atoms with Crippen molar-refractivity contribution in [3.63, 3.8) is 0 Å². The van der Waals surface area contributed by atoms with Gasteiger partial charge in [-0.15, -0.1) is 0 Å². The molecule has 306 valence electrons. The molecule has 5 N–H and O–H groups in total. The number of nitrogens with one attached hydrogen (secondary N) is 2. The van der Waals surface area contributed by atoms with Gasteiger partial charge in [-0.2, -0.15) is 0 Å². The average Bonchev–Trinajstić information content (AvgIpc) is 3.15. The number of likely N-dealkylation sites (tertiary alicyclic amines) is 1. The van der Waals surface area contributed by atoms with Crippen molar-refractivity contribution in [2.45, 2.75) is 136 Å². The minimum absolute atomic E-state index is 0.00383. The topological polar surface area (TPSA) is 171 Å². The largest absolute Gasteiger partial charge is 0.480 e. The van der Waals surface area contributed by atoms with E-state index in [-0.39, 0.29) is 54.4 Å². The number of carboxylic acid groups (broad SMARTS) is 1. The first-order valence-corrected chi connectivity index (χ1v) is 19.8. The lowest BCUT2D eigenvalue weighted by Gasteiger charge is -2.43. The van der Waals surface area contributed by atoms with Gasteiger partial charge >= 0.3 is 5.97 Å². The molecule has 1 saturated heterocycles. The van der Waals surface area contributed by atoms with E-state index in [1.165, 1.54) is 7.11 Å². The van der Waals surface area contributed by atoms with E-state index in [1.807, 2.05) is 84.2 Å². The Bertz CT molecular complexity index is 1340. The summed E-state index contributed by atoms with van der Waals surface area (Å²) in [5.74, 6) is -3.05. The lowest BCUT2D eigenvalue weighted by Crippen LogP contribution is -2.90. The van der Waals surface area contributed by atoms with E-state index < -0.39 is 54.2 Å². The van der Waals surface area contributed by atoms with Crippen LogP contribution in [0.5, 0.6) is 0 Å². The van der Waals surface area contributed by atoms with Crippen LogP contribution >= 0.6 is 0 Å². The number of piperidine rings is 1. The van der Waals surface area contributed by atoms with Crippen molar-refractivity contribution in [2.24, 2.45) is 23.7 Å². The Morgan fingerprint density at radius 2 is 1.59 bits per heavy atom. The van der Waals surface area contributed by atoms with E-state index in [2.05, 4.69) is 10.6 Å². The first-order valence-electron chi connectivity index (χ1n) is 19.8. The molecule has 4 amide bonds. The summed E-state index contributed by atoms with van der Waals surface area (Å²) in [5, 5.41) is 17.5. The summed E-state index contributed by atoms with van der Waals surface area (Å²) in [7, 11) is 6.63. The number of carbonyl (C=O) groups excluding carboxylic acids is 4. The number of aryl methyl sites for hydroxylation is 1. The van der Waals surface area contributed by atoms with Crippen LogP contribution < -0.4 is 16.0 Å². The molecule has 0 aliphatic carbocycles. The van der Waals surface area contributed by atoms with Crippen LogP contribution in [0.1, 0.15) is 92.6 Å². The molecule has 9 unspecified atom stereocenters. The third kappa shape index (κ3) is 12.8. The number of benzene rings is 1. The molecule has 0 spiro atoms. The van der Waals surface area contributed by atoms with Crippen molar-refractivity contribution in [1.29, 1.82) is 0 Å². The standard InChI is InChI=1S/C41H69N5O8/c1-12-27(6)36(45(9)40(50)35(26(4)5)44-39(49)34(42-8)25(2)3)32(53-10)24-33(47)46-23-17-16-20-31(46)37(54-11)28(7)38(48)43-30(41(51)52)22-21-29-18-14-13-15-19-29/h13-15,18-19,25-28,30-32,34-37,42H,12,16-17,20-24H2,1-11H3,(H,43,48)(H,44,49)(H,51,52)/p+1. The Morgan fingerprint density at radius 3 is 2.11 bits per heavy atom. The lowest BCUT2D eigenvalue weighted by molar-refractivity contribution is -0.656. The highest BCUT2D eigenvalue weighted by Crippen LogP contribution is 2.29. The molecule has 0 saturated carbocycles. The van der Waals surface area contributed by atoms with Crippen LogP contribution in [0.3, 0.4) is 0 Å². The van der Waals surface area contributed by atoms with Gasteiger partial charge in [-0.25, -0.2) is 4.79 Å². The third-order valence-corrected chi connectivity index (χ3v) is 11.3. The van der Waals surface area contributed by atoms with Gasteiger partial charge in [0.2, 0.25) is 17.7 Å². The number of ether oxygens (including phenoxy) is 2. The fraction of sp³-hybridized carbons (Fsp3) is 0.732. The van der Waals surface area contributed by atoms with E-state index in [9.17, 15) is 29.1 Å². The molecule has 0 bridgehead atoms. The van der Waals surface area contributed by atoms with Crippen LogP contribution in [0.2, 0.25) is 0 Å². The summed E-state index contributed by atoms with van der Waals surface area (Å²) in [6.45, 7) is 14.0. The maximum Gasteiger partial charge on any atom is 0.326 e. The molecule has 1 aromatic carbocycles. The van der Waals surface area contributed by atoms with Gasteiger partial charge in [-0.1, -0.05) is 85.2 Å². The summed E-state index contributed by atoms with van der Waals surface area (Å²) in [6.07, 6.45) is 2.36. The van der Waals surface area contributed by atoms with Gasteiger partial charge < -0.3 is 40.3 Å². The monoisotopic (exact) mass is 761 g/mol. The van der Waals surface area contributed by atoms with Crippen LogP contribution in [0.25, 0.3) is 0 Å². The maximum absolute atomic E-state index is 14.3. The fourth-order valence-electron chi connectivity index (χ4n) is 7.81. The van der Waals surface area contributed by atoms with Gasteiger partial charge in [-0.3, -0.25) is 19.2 Å². The van der Waals surface area contributed by atoms with Gasteiger partial charge in [0.15, 0.2) is 6.04 Å². The Balaban J connectivity index is 2.28. The predicted octanol–water partition coefficient (Wildman–Crippen LogP) is 2.86. The van der Waals surface area contributed by atoms with Gasteiger partial charge in [0, 0.05) is 33.7 Å². The van der Waals surface area contributed by atoms with Crippen LogP contribution in [-0.2, 0) is 39.9 Å². The third-order valence-electron chi connectivity index (χ3n) is 11.3. The van der Waals surface area contributed by atoms with Crippen molar-refractivity contribution in [2.75, 3.05) is 34.9 Å². The molecule has 1 aliphatic heterocycles. The number of nitrogens with two attached hydrogens (primary N) is 1. The zero-order valence-corrected chi connectivity index (χ0v) is 34.7. The Labute approximate surface area is 323 Å². The molecule has 54 heavy (non-hydrogen) atoms. The summed E-state index contributed by atoms with van der Waals surface area (Å²) in [4.78, 5) is 70.8. The number of hydrogen-bond acceptors (Lipinski definition) is 7. The number of amides is 4. The molecular weight excluding hydrogens is 690 g/mol. The summed E-state index contributed by atoms with van der Waals surface area (Å²) >= 11 is 0. The van der Waals surface area contributed by atoms with E-state index >= 15 is 0 Å². The van der Waals surface area contributed by atoms with E-state index in [0.29, 0.717) is 19.4 Å². The summed E-state index contributed by atoms with van der Waals surface area (Å²) in [6, 6.07) is 6.46. The molecule has 1 aliphatic rings. The van der Waals surface area contributed by atoms with E-state index in [0.717, 1.165) is 24.8 Å². The van der Waals surface area contributed by atoms with Crippen LogP contribution in [0.15, 0.2) is 30.3 Å². The van der Waals surface area contributed by atoms with Crippen LogP contribution in [0, 0.1) is 23.7 Å². The van der Waals surface area contributed by atoms with Gasteiger partial charge in [0.1, 0.15) is 12.1 Å². The SMILES string of the molecule is CCC(C)C(C(CC(=O)N1CCCCC1C(OC)C(C)C(=O)NC(CCc1ccccc1)C(=O)O)OC)N(C)C(=O)C(NC(=O)C([NH2+]C)C(C)C)C(C)C. The first-order chi connectivity index (χ1) is 25.5. The lowest BCUT2D eigenvalue weighted by atomic mass is 9.87. The quantitative estimate of drug-likeness (QED) is 0.140. The fourth-order valence-corrected chi connectivity index (χ4v) is 7.81. The Kier molecular flexibility index (Phi) is 19.6. The second-order valence-corrected chi connectivity index (χ2v) is 15.7. The molecule has 9 atom stereocenters. The van der Waals surface area contributed by atoms with Gasteiger partial charge in [0.25, 0.3) is 5.91 Å². The number of likely N-dealkylation sites (N-methyl/N-ethyl adjacent to an activating group) is 2. The number of carbonyl (C=O) groups is 5. The number of aliphatic carboxylic acids is 1. The molecule has 1 heterocycles. The number of rotatable bonds is 22. The predicted molar refractivity (Wildman–Crippen MR) is 208 cm³/mol. The van der Waals surface area contributed by atoms with Crippen molar-refractivity contribution in [1.82, 2.24) is 20.4 Å². The maximum atomic E-state index is 14.3. The van der Waals surface area contributed by atoms with Gasteiger partial charge in [0.05, 0.1) is 43.7 Å². The molecular formula is C41H70N5O8+. The van der Waals surface area contributed by atoms with Crippen molar-refractivity contribution in [3.8, 4) is 0 Å². The highest BCUT2D eigenvalue weighted by Gasteiger charge is 2.42. The molecule has 0 radical (unpaired) electrons. The molecule has 13 heteroatoms. The highest BCUT2D eigenvalue weighted by molar-refractivity contribution is 5.90. The minimum atomic E-state index is -1.11. The van der Waals surface area contributed by atoms with E-state index in [4.69, 9.17) is 9.47 Å². The van der Waals surface area contributed by atoms with Crippen LogP contribution in [-0.4, -0.2) is 122 Å². The zero-order valence-electron chi connectivity index (χ0n) is 34.7. The smallest absolute Gasteiger partial charge is 0.326 e. The molecule has 0 aromatic heterocycles. The molecule has 1 fully saturated rings. The Hall–Kier alpha value is -3.55. The highest BCUT2D eigenvalue weighted by atomic mass is 16.5. The van der Waals surface area contributed by atoms with E-state index in [1.54, 1.807) is 30.9 Å². The zero-order chi connectivity index (χ0) is 40.7. The average molecular weight is 761 g/mol. The second kappa shape index (κ2) is 22.7. The molecule has 2 rings (SSSR count). The number of nitrogens with zero attached hydrogens (tertiary/aromatic N) is 2. The minimum Gasteiger partial charge on any atom is -0.480 e. The van der Waals surface area contributed by atoms with Crippen LogP contribution in [0.4, 0.5) is 0 Å². The second-order valence-electron chi connectivity index (χ2n) is 15.7. The van der Waals surface area contributed by atoms with Crippen molar-refractivity contribution < 1.29 is 43.9 Å². The molecule has 1 aromatic rings. The number of methoxy groups -OCH3 is 2. The number of hydrogen-bond donors (Lipinski definition) is 4.